The number of amides is 3. The molecule has 0 saturated heterocycles. The molecule has 3 amide bonds. The fourth-order valence-electron chi connectivity index (χ4n) is 1.32. The Bertz CT molecular complexity index is 449. The average molecular weight is 251 g/mol. The summed E-state index contributed by atoms with van der Waals surface area (Å²) >= 11 is 0. The molecule has 0 bridgehead atoms. The van der Waals surface area contributed by atoms with Crippen molar-refractivity contribution >= 4 is 17.8 Å². The summed E-state index contributed by atoms with van der Waals surface area (Å²) in [6.07, 6.45) is -1.51. The van der Waals surface area contributed by atoms with Gasteiger partial charge in [0, 0.05) is 5.69 Å². The summed E-state index contributed by atoms with van der Waals surface area (Å²) in [7, 11) is 0. The van der Waals surface area contributed by atoms with Gasteiger partial charge >= 0.3 is 12.1 Å². The molecule has 4 N–H and O–H groups in total. The Morgan fingerprint density at radius 3 is 2.11 bits per heavy atom. The smallest absolute Gasteiger partial charge is 0.430 e. The molecule has 0 aliphatic heterocycles. The predicted octanol–water partition coefficient (Wildman–Crippen LogP) is 2.37. The van der Waals surface area contributed by atoms with Crippen LogP contribution in [0, 0.1) is 0 Å². The molecule has 0 fully saturated rings. The highest BCUT2D eigenvalue weighted by molar-refractivity contribution is 5.97. The topological polar surface area (TPSA) is 95.7 Å². The summed E-state index contributed by atoms with van der Waals surface area (Å²) < 4.78 is 0. The second-order valence-electron chi connectivity index (χ2n) is 4.91. The van der Waals surface area contributed by atoms with E-state index in [-0.39, 0.29) is 10.4 Å². The van der Waals surface area contributed by atoms with E-state index in [0.717, 1.165) is 5.56 Å². The van der Waals surface area contributed by atoms with E-state index in [9.17, 15) is 9.59 Å². The van der Waals surface area contributed by atoms with Gasteiger partial charge in [0.1, 0.15) is 0 Å². The van der Waals surface area contributed by atoms with Gasteiger partial charge in [0.2, 0.25) is 0 Å². The molecule has 6 nitrogen and oxygen atoms in total. The zero-order valence-corrected chi connectivity index (χ0v) is 10.6. The molecular weight excluding hydrogens is 234 g/mol. The van der Waals surface area contributed by atoms with Crippen molar-refractivity contribution in [1.82, 2.24) is 5.01 Å². The Hall–Kier alpha value is -2.08. The van der Waals surface area contributed by atoms with Crippen molar-refractivity contribution in [2.75, 3.05) is 5.32 Å². The fraction of sp³-hybridized carbons (Fsp3) is 0.333. The third-order valence-electron chi connectivity index (χ3n) is 2.43. The van der Waals surface area contributed by atoms with E-state index in [1.165, 1.54) is 0 Å². The number of benzene rings is 1. The van der Waals surface area contributed by atoms with Gasteiger partial charge in [-0.1, -0.05) is 32.9 Å². The number of carbonyl (C=O) groups excluding carboxylic acids is 1. The third-order valence-corrected chi connectivity index (χ3v) is 2.43. The first-order valence-corrected chi connectivity index (χ1v) is 5.41. The number of nitrogens with zero attached hydrogens (tertiary/aromatic N) is 1. The molecule has 0 aliphatic rings. The van der Waals surface area contributed by atoms with Crippen LogP contribution in [-0.2, 0) is 5.41 Å². The minimum absolute atomic E-state index is 0.0174. The molecule has 98 valence electrons. The molecule has 0 aromatic heterocycles. The number of carbonyl (C=O) groups is 2. The van der Waals surface area contributed by atoms with E-state index in [2.05, 4.69) is 26.1 Å². The second-order valence-corrected chi connectivity index (χ2v) is 4.91. The van der Waals surface area contributed by atoms with E-state index in [0.29, 0.717) is 5.69 Å². The first-order chi connectivity index (χ1) is 8.21. The van der Waals surface area contributed by atoms with Crippen molar-refractivity contribution in [3.05, 3.63) is 29.8 Å². The van der Waals surface area contributed by atoms with Gasteiger partial charge in [0.25, 0.3) is 0 Å². The Balaban J connectivity index is 2.76. The zero-order valence-electron chi connectivity index (χ0n) is 10.6. The average Bonchev–Trinajstić information content (AvgIpc) is 2.27. The van der Waals surface area contributed by atoms with Gasteiger partial charge in [-0.2, -0.15) is 5.01 Å². The summed E-state index contributed by atoms with van der Waals surface area (Å²) in [4.78, 5) is 21.8. The molecule has 0 heterocycles. The van der Waals surface area contributed by atoms with Crippen LogP contribution in [0.2, 0.25) is 0 Å². The fourth-order valence-corrected chi connectivity index (χ4v) is 1.32. The maximum atomic E-state index is 11.3. The van der Waals surface area contributed by atoms with Crippen molar-refractivity contribution in [1.29, 1.82) is 0 Å². The Morgan fingerprint density at radius 2 is 1.72 bits per heavy atom. The normalized spacial score (nSPS) is 10.9. The standard InChI is InChI=1S/C12H17N3O3/c1-12(2,3)8-4-6-9(7-5-8)14-10(16)15(13)11(17)18/h4-7H,13H2,1-3H3,(H,14,16)(H,17,18). The molecule has 0 atom stereocenters. The van der Waals surface area contributed by atoms with Crippen LogP contribution in [0.25, 0.3) is 0 Å². The lowest BCUT2D eigenvalue weighted by atomic mass is 9.87. The van der Waals surface area contributed by atoms with Gasteiger partial charge in [-0.15, -0.1) is 0 Å². The number of nitrogens with two attached hydrogens (primary N) is 1. The molecule has 0 spiro atoms. The maximum Gasteiger partial charge on any atom is 0.430 e. The molecule has 0 aliphatic carbocycles. The lowest BCUT2D eigenvalue weighted by molar-refractivity contribution is 0.153. The van der Waals surface area contributed by atoms with Crippen LogP contribution >= 0.6 is 0 Å². The van der Waals surface area contributed by atoms with E-state index >= 15 is 0 Å². The highest BCUT2D eigenvalue weighted by atomic mass is 16.4. The van der Waals surface area contributed by atoms with E-state index in [1.807, 2.05) is 12.1 Å². The Kier molecular flexibility index (Phi) is 3.93. The minimum Gasteiger partial charge on any atom is -0.464 e. The number of imide groups is 1. The number of urea groups is 1. The van der Waals surface area contributed by atoms with E-state index in [1.54, 1.807) is 12.1 Å². The van der Waals surface area contributed by atoms with E-state index in [4.69, 9.17) is 10.9 Å². The van der Waals surface area contributed by atoms with Crippen molar-refractivity contribution in [2.24, 2.45) is 5.84 Å². The first kappa shape index (κ1) is 14.0. The van der Waals surface area contributed by atoms with Gasteiger partial charge in [0.05, 0.1) is 0 Å². The molecule has 1 rings (SSSR count). The number of anilines is 1. The molecule has 1 aromatic rings. The summed E-state index contributed by atoms with van der Waals surface area (Å²) in [6.45, 7) is 6.23. The molecular formula is C12H17N3O3. The number of hydrogen-bond donors (Lipinski definition) is 3. The van der Waals surface area contributed by atoms with Crippen molar-refractivity contribution in [2.45, 2.75) is 26.2 Å². The van der Waals surface area contributed by atoms with Gasteiger partial charge in [-0.3, -0.25) is 0 Å². The Morgan fingerprint density at radius 1 is 1.22 bits per heavy atom. The quantitative estimate of drug-likeness (QED) is 0.405. The SMILES string of the molecule is CC(C)(C)c1ccc(NC(=O)N(N)C(=O)O)cc1. The lowest BCUT2D eigenvalue weighted by Crippen LogP contribution is -2.44. The monoisotopic (exact) mass is 251 g/mol. The van der Waals surface area contributed by atoms with Crippen LogP contribution in [0.1, 0.15) is 26.3 Å². The van der Waals surface area contributed by atoms with Crippen LogP contribution in [0.4, 0.5) is 15.3 Å². The molecule has 6 heteroatoms. The second kappa shape index (κ2) is 5.05. The zero-order chi connectivity index (χ0) is 13.9. The van der Waals surface area contributed by atoms with E-state index < -0.39 is 12.1 Å². The lowest BCUT2D eigenvalue weighted by Gasteiger charge is -2.19. The molecule has 0 saturated carbocycles. The first-order valence-electron chi connectivity index (χ1n) is 5.41. The van der Waals surface area contributed by atoms with Crippen molar-refractivity contribution in [3.63, 3.8) is 0 Å². The van der Waals surface area contributed by atoms with Crippen LogP contribution in [0.3, 0.4) is 0 Å². The number of hydrazine groups is 1. The maximum absolute atomic E-state index is 11.3. The number of nitrogens with one attached hydrogen (secondary N) is 1. The van der Waals surface area contributed by atoms with Crippen LogP contribution in [-0.4, -0.2) is 22.2 Å². The third kappa shape index (κ3) is 3.46. The largest absolute Gasteiger partial charge is 0.464 e. The van der Waals surface area contributed by atoms with Crippen LogP contribution < -0.4 is 11.2 Å². The summed E-state index contributed by atoms with van der Waals surface area (Å²) in [5, 5.41) is 11.0. The summed E-state index contributed by atoms with van der Waals surface area (Å²) in [6, 6.07) is 6.25. The molecule has 18 heavy (non-hydrogen) atoms. The molecule has 1 aromatic carbocycles. The summed E-state index contributed by atoms with van der Waals surface area (Å²) in [5.41, 5.74) is 1.62. The highest BCUT2D eigenvalue weighted by Gasteiger charge is 2.17. The van der Waals surface area contributed by atoms with Crippen molar-refractivity contribution < 1.29 is 14.7 Å². The van der Waals surface area contributed by atoms with Gasteiger partial charge in [-0.05, 0) is 23.1 Å². The van der Waals surface area contributed by atoms with Crippen LogP contribution in [0.15, 0.2) is 24.3 Å². The van der Waals surface area contributed by atoms with Crippen molar-refractivity contribution in [3.8, 4) is 0 Å². The molecule has 0 radical (unpaired) electrons. The number of carboxylic acid groups (broad SMARTS) is 1. The van der Waals surface area contributed by atoms with Gasteiger partial charge < -0.3 is 10.4 Å². The number of rotatable bonds is 1. The number of hydrogen-bond acceptors (Lipinski definition) is 3. The van der Waals surface area contributed by atoms with Gasteiger partial charge in [0.15, 0.2) is 0 Å². The minimum atomic E-state index is -1.51. The van der Waals surface area contributed by atoms with Gasteiger partial charge in [-0.25, -0.2) is 15.4 Å². The van der Waals surface area contributed by atoms with Crippen LogP contribution in [0.5, 0.6) is 0 Å². The predicted molar refractivity (Wildman–Crippen MR) is 68.2 cm³/mol. The summed E-state index contributed by atoms with van der Waals surface area (Å²) in [5.74, 6) is 5.03. The highest BCUT2D eigenvalue weighted by Crippen LogP contribution is 2.23. The Labute approximate surface area is 105 Å². The molecule has 0 unspecified atom stereocenters.